The lowest BCUT2D eigenvalue weighted by Crippen LogP contribution is -2.46. The predicted molar refractivity (Wildman–Crippen MR) is 259 cm³/mol. The van der Waals surface area contributed by atoms with Crippen LogP contribution in [-0.2, 0) is 41.8 Å². The minimum absolute atomic E-state index is 0.0936. The van der Waals surface area contributed by atoms with Gasteiger partial charge in [0.15, 0.2) is 25.0 Å². The molecule has 0 N–H and O–H groups in total. The SMILES string of the molecule is CCC(O[Si](CC)(CC)CC)C(C)C1OC1CC(C)(/C=C/C=C(\C)C1OC(=O)CC(O[Si](CC)(CC)CC)CCC(C)(OC)C(OC(C)=O)/C=C\C1C)O[Si](CC)(CC)CC. The first-order valence-electron chi connectivity index (χ1n) is 24.4. The van der Waals surface area contributed by atoms with E-state index in [4.69, 9.17) is 32.2 Å². The molecule has 354 valence electrons. The van der Waals surface area contributed by atoms with Crippen molar-refractivity contribution >= 4 is 36.9 Å². The van der Waals surface area contributed by atoms with Crippen LogP contribution in [0.3, 0.4) is 0 Å². The molecule has 0 spiro atoms. The second-order valence-corrected chi connectivity index (χ2v) is 33.0. The molecule has 0 radical (unpaired) electrons. The molecule has 2 heterocycles. The van der Waals surface area contributed by atoms with E-state index >= 15 is 0 Å². The molecular weight excluding hydrogens is 817 g/mol. The third kappa shape index (κ3) is 15.6. The molecule has 0 amide bonds. The van der Waals surface area contributed by atoms with Gasteiger partial charge in [0.05, 0.1) is 30.3 Å². The predicted octanol–water partition coefficient (Wildman–Crippen LogP) is 12.9. The first-order valence-corrected chi connectivity index (χ1v) is 32.0. The maximum atomic E-state index is 14.0. The highest BCUT2D eigenvalue weighted by atomic mass is 28.4. The molecule has 0 aromatic rings. The summed E-state index contributed by atoms with van der Waals surface area (Å²) in [5.41, 5.74) is -0.451. The average Bonchev–Trinajstić information content (AvgIpc) is 4.02. The molecule has 10 atom stereocenters. The van der Waals surface area contributed by atoms with E-state index < -0.39 is 48.4 Å². The number of hydrogen-bond acceptors (Lipinski definition) is 9. The number of epoxide rings is 1. The molecule has 12 heteroatoms. The van der Waals surface area contributed by atoms with Crippen LogP contribution in [0.25, 0.3) is 0 Å². The van der Waals surface area contributed by atoms with Gasteiger partial charge in [-0.3, -0.25) is 9.59 Å². The van der Waals surface area contributed by atoms with E-state index in [0.717, 1.165) is 72.8 Å². The van der Waals surface area contributed by atoms with E-state index in [9.17, 15) is 9.59 Å². The van der Waals surface area contributed by atoms with Crippen molar-refractivity contribution in [2.24, 2.45) is 11.8 Å². The van der Waals surface area contributed by atoms with Crippen molar-refractivity contribution in [2.75, 3.05) is 7.11 Å². The lowest BCUT2D eigenvalue weighted by Gasteiger charge is -2.39. The second-order valence-electron chi connectivity index (χ2n) is 18.9. The zero-order valence-corrected chi connectivity index (χ0v) is 45.1. The van der Waals surface area contributed by atoms with Gasteiger partial charge in [0, 0.05) is 38.4 Å². The van der Waals surface area contributed by atoms with Crippen LogP contribution in [0.2, 0.25) is 54.4 Å². The topological polar surface area (TPSA) is 102 Å². The zero-order valence-electron chi connectivity index (χ0n) is 42.1. The second kappa shape index (κ2) is 25.3. The van der Waals surface area contributed by atoms with Gasteiger partial charge in [-0.25, -0.2) is 0 Å². The van der Waals surface area contributed by atoms with Gasteiger partial charge in [-0.05, 0) is 106 Å². The van der Waals surface area contributed by atoms with Crippen molar-refractivity contribution in [1.82, 2.24) is 0 Å². The third-order valence-electron chi connectivity index (χ3n) is 15.1. The highest BCUT2D eigenvalue weighted by Gasteiger charge is 2.51. The van der Waals surface area contributed by atoms with Gasteiger partial charge in [-0.1, -0.05) is 107 Å². The van der Waals surface area contributed by atoms with Gasteiger partial charge in [0.1, 0.15) is 17.8 Å². The standard InChI is InChI=1S/C49H92O9Si3/c1-18-42(57-60(22-5,23-6)24-7)39(13)47-43(54-47)36-48(15,58-61(25-8,26-9)27-10)33-28-29-37(11)46-38(12)30-31-44(53-40(14)50)49(16,52-17)34-32-41(35-45(51)55-46)56-59(19-2,20-3)21-4/h28-31,33,38-39,41-44,46-47H,18-27,32,34-36H2,1-17H3/b31-30-,33-28+,37-29+. The molecule has 61 heavy (non-hydrogen) atoms. The van der Waals surface area contributed by atoms with Crippen molar-refractivity contribution in [2.45, 2.75) is 245 Å². The Hall–Kier alpha value is -1.39. The molecule has 9 nitrogen and oxygen atoms in total. The lowest BCUT2D eigenvalue weighted by molar-refractivity contribution is -0.160. The molecule has 1 saturated heterocycles. The van der Waals surface area contributed by atoms with E-state index in [2.05, 4.69) is 101 Å². The summed E-state index contributed by atoms with van der Waals surface area (Å²) in [6.45, 7) is 34.6. The highest BCUT2D eigenvalue weighted by molar-refractivity contribution is 6.74. The van der Waals surface area contributed by atoms with E-state index in [0.29, 0.717) is 18.8 Å². The molecule has 0 bridgehead atoms. The third-order valence-corrected chi connectivity index (χ3v) is 29.2. The number of ether oxygens (including phenoxy) is 4. The molecule has 0 aromatic carbocycles. The van der Waals surface area contributed by atoms with Gasteiger partial charge >= 0.3 is 11.9 Å². The maximum absolute atomic E-state index is 14.0. The van der Waals surface area contributed by atoms with Crippen LogP contribution < -0.4 is 0 Å². The normalized spacial score (nSPS) is 28.6. The number of allylic oxidation sites excluding steroid dienone is 2. The van der Waals surface area contributed by atoms with Gasteiger partial charge in [-0.2, -0.15) is 0 Å². The van der Waals surface area contributed by atoms with Crippen LogP contribution in [0.1, 0.15) is 143 Å². The maximum Gasteiger partial charge on any atom is 0.308 e. The molecule has 2 aliphatic heterocycles. The summed E-state index contributed by atoms with van der Waals surface area (Å²) in [5.74, 6) is -0.575. The molecule has 0 saturated carbocycles. The minimum atomic E-state index is -2.07. The summed E-state index contributed by atoms with van der Waals surface area (Å²) in [4.78, 5) is 26.4. The Morgan fingerprint density at radius 2 is 1.46 bits per heavy atom. The average molecular weight is 910 g/mol. The number of rotatable bonds is 25. The van der Waals surface area contributed by atoms with E-state index in [1.165, 1.54) is 6.92 Å². The number of cyclic esters (lactones) is 1. The molecular formula is C49H92O9Si3. The summed E-state index contributed by atoms with van der Waals surface area (Å²) in [6.07, 6.45) is 12.2. The molecule has 2 rings (SSSR count). The van der Waals surface area contributed by atoms with Crippen molar-refractivity contribution in [3.05, 3.63) is 36.0 Å². The lowest BCUT2D eigenvalue weighted by atomic mass is 9.88. The van der Waals surface area contributed by atoms with Crippen LogP contribution in [-0.4, -0.2) is 91.8 Å². The van der Waals surface area contributed by atoms with Gasteiger partial charge < -0.3 is 32.2 Å². The smallest absolute Gasteiger partial charge is 0.308 e. The van der Waals surface area contributed by atoms with Gasteiger partial charge in [-0.15, -0.1) is 0 Å². The Morgan fingerprint density at radius 1 is 0.902 bits per heavy atom. The molecule has 0 aliphatic carbocycles. The van der Waals surface area contributed by atoms with Crippen molar-refractivity contribution < 1.29 is 41.8 Å². The Balaban J connectivity index is 2.55. The number of hydrogen-bond donors (Lipinski definition) is 0. The quantitative estimate of drug-likeness (QED) is 0.0291. The fourth-order valence-corrected chi connectivity index (χ4v) is 18.7. The van der Waals surface area contributed by atoms with Crippen molar-refractivity contribution in [3.63, 3.8) is 0 Å². The first kappa shape index (κ1) is 55.7. The Labute approximate surface area is 377 Å². The summed E-state index contributed by atoms with van der Waals surface area (Å²) >= 11 is 0. The van der Waals surface area contributed by atoms with Crippen molar-refractivity contribution in [3.8, 4) is 0 Å². The Bertz CT molecular complexity index is 1400. The highest BCUT2D eigenvalue weighted by Crippen LogP contribution is 2.43. The molecule has 0 aromatic heterocycles. The number of esters is 2. The number of carbonyl (C=O) groups is 2. The van der Waals surface area contributed by atoms with Crippen molar-refractivity contribution in [1.29, 1.82) is 0 Å². The summed E-state index contributed by atoms with van der Waals surface area (Å²) < 4.78 is 46.3. The molecule has 2 aliphatic rings. The summed E-state index contributed by atoms with van der Waals surface area (Å²) in [6, 6.07) is 9.50. The largest absolute Gasteiger partial charge is 0.457 e. The fourth-order valence-electron chi connectivity index (χ4n) is 9.66. The van der Waals surface area contributed by atoms with Crippen LogP contribution in [0, 0.1) is 11.8 Å². The number of carbonyl (C=O) groups excluding carboxylic acids is 2. The minimum Gasteiger partial charge on any atom is -0.457 e. The number of methoxy groups -OCH3 is 1. The molecule has 10 unspecified atom stereocenters. The van der Waals surface area contributed by atoms with Crippen LogP contribution in [0.15, 0.2) is 36.0 Å². The zero-order chi connectivity index (χ0) is 46.2. The van der Waals surface area contributed by atoms with E-state index in [1.807, 2.05) is 32.9 Å². The van der Waals surface area contributed by atoms with Gasteiger partial charge in [0.25, 0.3) is 0 Å². The summed E-state index contributed by atoms with van der Waals surface area (Å²) in [7, 11) is -4.20. The Kier molecular flexibility index (Phi) is 23.2. The first-order chi connectivity index (χ1) is 28.7. The molecule has 1 fully saturated rings. The monoisotopic (exact) mass is 909 g/mol. The fraction of sp³-hybridized carbons (Fsp3) is 0.837. The van der Waals surface area contributed by atoms with Gasteiger partial charge in [0.2, 0.25) is 0 Å². The van der Waals surface area contributed by atoms with Crippen LogP contribution >= 0.6 is 0 Å². The summed E-state index contributed by atoms with van der Waals surface area (Å²) in [5, 5.41) is 0. The Morgan fingerprint density at radius 3 is 1.95 bits per heavy atom. The van der Waals surface area contributed by atoms with E-state index in [-0.39, 0.29) is 48.7 Å². The van der Waals surface area contributed by atoms with Crippen LogP contribution in [0.4, 0.5) is 0 Å². The van der Waals surface area contributed by atoms with Crippen LogP contribution in [0.5, 0.6) is 0 Å². The van der Waals surface area contributed by atoms with E-state index in [1.54, 1.807) is 7.11 Å².